The standard InChI is InChI=1S/C12H12F3NOS/c1-2-3-7-17-9-6-4-5-8-10(9)18-11(16-8)12(13,14)15/h4-6H,2-3,7H2,1H3. The summed E-state index contributed by atoms with van der Waals surface area (Å²) < 4.78 is 43.7. The van der Waals surface area contributed by atoms with Crippen LogP contribution in [-0.2, 0) is 6.18 Å². The molecular weight excluding hydrogens is 263 g/mol. The quantitative estimate of drug-likeness (QED) is 0.767. The molecule has 0 N–H and O–H groups in total. The Bertz CT molecular complexity index is 536. The first-order valence-corrected chi connectivity index (χ1v) is 6.43. The molecule has 2 aromatic rings. The second-order valence-corrected chi connectivity index (χ2v) is 4.82. The smallest absolute Gasteiger partial charge is 0.443 e. The number of aromatic nitrogens is 1. The van der Waals surface area contributed by atoms with E-state index in [1.54, 1.807) is 18.2 Å². The van der Waals surface area contributed by atoms with E-state index >= 15 is 0 Å². The summed E-state index contributed by atoms with van der Waals surface area (Å²) in [6, 6.07) is 4.90. The van der Waals surface area contributed by atoms with Gasteiger partial charge in [-0.3, -0.25) is 0 Å². The number of thiazole rings is 1. The van der Waals surface area contributed by atoms with E-state index in [9.17, 15) is 13.2 Å². The summed E-state index contributed by atoms with van der Waals surface area (Å²) in [4.78, 5) is 3.59. The molecule has 0 spiro atoms. The Kier molecular flexibility index (Phi) is 3.75. The molecule has 98 valence electrons. The van der Waals surface area contributed by atoms with Crippen molar-refractivity contribution in [1.29, 1.82) is 0 Å². The van der Waals surface area contributed by atoms with E-state index in [1.165, 1.54) is 0 Å². The summed E-state index contributed by atoms with van der Waals surface area (Å²) in [6.07, 6.45) is -2.54. The van der Waals surface area contributed by atoms with Crippen molar-refractivity contribution >= 4 is 21.6 Å². The van der Waals surface area contributed by atoms with Crippen LogP contribution in [0, 0.1) is 0 Å². The first-order chi connectivity index (χ1) is 8.52. The fourth-order valence-electron chi connectivity index (χ4n) is 1.49. The molecule has 0 aliphatic heterocycles. The van der Waals surface area contributed by atoms with Gasteiger partial charge in [-0.25, -0.2) is 4.98 Å². The second kappa shape index (κ2) is 5.14. The van der Waals surface area contributed by atoms with Gasteiger partial charge in [-0.1, -0.05) is 19.4 Å². The largest absolute Gasteiger partial charge is 0.492 e. The van der Waals surface area contributed by atoms with Crippen molar-refractivity contribution in [2.45, 2.75) is 25.9 Å². The fourth-order valence-corrected chi connectivity index (χ4v) is 2.38. The van der Waals surface area contributed by atoms with Gasteiger partial charge < -0.3 is 4.74 Å². The van der Waals surface area contributed by atoms with Crippen molar-refractivity contribution in [2.75, 3.05) is 6.61 Å². The summed E-state index contributed by atoms with van der Waals surface area (Å²) >= 11 is 0.628. The molecule has 0 aliphatic carbocycles. The lowest BCUT2D eigenvalue weighted by molar-refractivity contribution is -0.137. The maximum Gasteiger partial charge on any atom is 0.443 e. The van der Waals surface area contributed by atoms with Crippen molar-refractivity contribution in [3.05, 3.63) is 23.2 Å². The highest BCUT2D eigenvalue weighted by Gasteiger charge is 2.35. The normalized spacial score (nSPS) is 12.0. The number of nitrogens with zero attached hydrogens (tertiary/aromatic N) is 1. The molecule has 0 bridgehead atoms. The summed E-state index contributed by atoms with van der Waals surface area (Å²) in [5.74, 6) is 0.481. The van der Waals surface area contributed by atoms with Gasteiger partial charge in [0.05, 0.1) is 16.8 Å². The summed E-state index contributed by atoms with van der Waals surface area (Å²) in [7, 11) is 0. The Morgan fingerprint density at radius 2 is 2.11 bits per heavy atom. The van der Waals surface area contributed by atoms with Crippen molar-refractivity contribution in [2.24, 2.45) is 0 Å². The molecule has 2 nitrogen and oxygen atoms in total. The summed E-state index contributed by atoms with van der Waals surface area (Å²) in [6.45, 7) is 2.53. The van der Waals surface area contributed by atoms with Crippen LogP contribution in [0.2, 0.25) is 0 Å². The molecule has 0 atom stereocenters. The van der Waals surface area contributed by atoms with Gasteiger partial charge in [-0.2, -0.15) is 13.2 Å². The first-order valence-electron chi connectivity index (χ1n) is 5.62. The third-order valence-corrected chi connectivity index (χ3v) is 3.51. The molecule has 0 saturated heterocycles. The lowest BCUT2D eigenvalue weighted by Crippen LogP contribution is -2.03. The third kappa shape index (κ3) is 2.75. The summed E-state index contributed by atoms with van der Waals surface area (Å²) in [5, 5.41) is -0.830. The van der Waals surface area contributed by atoms with Crippen LogP contribution in [0.15, 0.2) is 18.2 Å². The van der Waals surface area contributed by atoms with E-state index in [0.717, 1.165) is 12.8 Å². The predicted octanol–water partition coefficient (Wildman–Crippen LogP) is 4.49. The molecule has 0 unspecified atom stereocenters. The van der Waals surface area contributed by atoms with Crippen LogP contribution in [-0.4, -0.2) is 11.6 Å². The third-order valence-electron chi connectivity index (χ3n) is 2.38. The number of halogens is 3. The number of alkyl halides is 3. The minimum atomic E-state index is -4.40. The van der Waals surface area contributed by atoms with E-state index in [4.69, 9.17) is 4.74 Å². The van der Waals surface area contributed by atoms with Crippen molar-refractivity contribution in [3.63, 3.8) is 0 Å². The number of hydrogen-bond donors (Lipinski definition) is 0. The Morgan fingerprint density at radius 1 is 1.33 bits per heavy atom. The maximum absolute atomic E-state index is 12.6. The van der Waals surface area contributed by atoms with Crippen molar-refractivity contribution < 1.29 is 17.9 Å². The van der Waals surface area contributed by atoms with E-state index in [2.05, 4.69) is 4.98 Å². The van der Waals surface area contributed by atoms with Gasteiger partial charge in [0.15, 0.2) is 5.01 Å². The molecule has 0 amide bonds. The zero-order chi connectivity index (χ0) is 13.2. The SMILES string of the molecule is CCCCOc1cccc2nc(C(F)(F)F)sc12. The van der Waals surface area contributed by atoms with E-state index in [0.29, 0.717) is 33.9 Å². The van der Waals surface area contributed by atoms with Gasteiger partial charge in [0.1, 0.15) is 5.75 Å². The Morgan fingerprint density at radius 3 is 2.78 bits per heavy atom. The Hall–Kier alpha value is -1.30. The number of fused-ring (bicyclic) bond motifs is 1. The van der Waals surface area contributed by atoms with E-state index < -0.39 is 11.2 Å². The molecule has 0 aliphatic rings. The van der Waals surface area contributed by atoms with Crippen molar-refractivity contribution in [3.8, 4) is 5.75 Å². The topological polar surface area (TPSA) is 22.1 Å². The molecule has 1 aromatic heterocycles. The van der Waals surface area contributed by atoms with Crippen LogP contribution in [0.5, 0.6) is 5.75 Å². The van der Waals surface area contributed by atoms with Crippen LogP contribution in [0.3, 0.4) is 0 Å². The minimum absolute atomic E-state index is 0.335. The molecular formula is C12H12F3NOS. The average molecular weight is 275 g/mol. The van der Waals surface area contributed by atoms with Crippen LogP contribution >= 0.6 is 11.3 Å². The zero-order valence-corrected chi connectivity index (χ0v) is 10.6. The lowest BCUT2D eigenvalue weighted by atomic mass is 10.3. The van der Waals surface area contributed by atoms with Gasteiger partial charge in [0.25, 0.3) is 0 Å². The van der Waals surface area contributed by atoms with E-state index in [1.807, 2.05) is 6.92 Å². The predicted molar refractivity (Wildman–Crippen MR) is 65.0 cm³/mol. The van der Waals surface area contributed by atoms with E-state index in [-0.39, 0.29) is 0 Å². The highest BCUT2D eigenvalue weighted by atomic mass is 32.1. The number of benzene rings is 1. The fraction of sp³-hybridized carbons (Fsp3) is 0.417. The second-order valence-electron chi connectivity index (χ2n) is 3.82. The molecule has 0 fully saturated rings. The maximum atomic E-state index is 12.6. The van der Waals surface area contributed by atoms with Crippen LogP contribution in [0.4, 0.5) is 13.2 Å². The first kappa shape index (κ1) is 13.1. The van der Waals surface area contributed by atoms with Gasteiger partial charge in [0, 0.05) is 0 Å². The highest BCUT2D eigenvalue weighted by molar-refractivity contribution is 7.19. The number of rotatable bonds is 4. The molecule has 6 heteroatoms. The molecule has 18 heavy (non-hydrogen) atoms. The molecule has 1 aromatic carbocycles. The van der Waals surface area contributed by atoms with Crippen LogP contribution in [0.1, 0.15) is 24.8 Å². The molecule has 0 saturated carbocycles. The summed E-state index contributed by atoms with van der Waals surface area (Å²) in [5.41, 5.74) is 0.335. The average Bonchev–Trinajstić information content (AvgIpc) is 2.73. The highest BCUT2D eigenvalue weighted by Crippen LogP contribution is 2.38. The molecule has 0 radical (unpaired) electrons. The molecule has 1 heterocycles. The number of unbranched alkanes of at least 4 members (excludes halogenated alkanes) is 1. The zero-order valence-electron chi connectivity index (χ0n) is 9.75. The van der Waals surface area contributed by atoms with Gasteiger partial charge in [-0.15, -0.1) is 11.3 Å². The Balaban J connectivity index is 2.33. The van der Waals surface area contributed by atoms with Gasteiger partial charge in [-0.05, 0) is 18.6 Å². The number of hydrogen-bond acceptors (Lipinski definition) is 3. The van der Waals surface area contributed by atoms with Gasteiger partial charge in [0.2, 0.25) is 0 Å². The minimum Gasteiger partial charge on any atom is -0.492 e. The van der Waals surface area contributed by atoms with Crippen LogP contribution < -0.4 is 4.74 Å². The van der Waals surface area contributed by atoms with Crippen LogP contribution in [0.25, 0.3) is 10.2 Å². The number of ether oxygens (including phenoxy) is 1. The monoisotopic (exact) mass is 275 g/mol. The van der Waals surface area contributed by atoms with Gasteiger partial charge >= 0.3 is 6.18 Å². The van der Waals surface area contributed by atoms with Crippen molar-refractivity contribution in [1.82, 2.24) is 4.98 Å². The lowest BCUT2D eigenvalue weighted by Gasteiger charge is -2.05. The Labute approximate surface area is 106 Å². The molecule has 2 rings (SSSR count).